The van der Waals surface area contributed by atoms with Crippen molar-refractivity contribution in [3.05, 3.63) is 28.0 Å². The molecule has 0 aliphatic heterocycles. The molecule has 0 atom stereocenters. The van der Waals surface area contributed by atoms with Gasteiger partial charge in [0.1, 0.15) is 15.0 Å². The molecular weight excluding hydrogens is 279 g/mol. The minimum Gasteiger partial charge on any atom is -0.494 e. The van der Waals surface area contributed by atoms with E-state index in [1.807, 2.05) is 24.3 Å². The normalized spacial score (nSPS) is 10.3. The molecule has 0 aliphatic rings. The fourth-order valence-electron chi connectivity index (χ4n) is 1.18. The molecule has 1 aromatic carbocycles. The summed E-state index contributed by atoms with van der Waals surface area (Å²) in [5.41, 5.74) is 0.811. The summed E-state index contributed by atoms with van der Waals surface area (Å²) in [6, 6.07) is 7.79. The summed E-state index contributed by atoms with van der Waals surface area (Å²) in [4.78, 5) is 0. The highest BCUT2D eigenvalue weighted by Crippen LogP contribution is 2.22. The predicted octanol–water partition coefficient (Wildman–Crippen LogP) is 2.24. The van der Waals surface area contributed by atoms with E-state index in [0.29, 0.717) is 0 Å². The molecule has 3 nitrogen and oxygen atoms in total. The first-order valence-electron chi connectivity index (χ1n) is 3.77. The van der Waals surface area contributed by atoms with Gasteiger partial charge in [-0.15, -0.1) is 10.2 Å². The minimum absolute atomic E-state index is 0.765. The molecular formula is C9H7IN2O. The first-order valence-corrected chi connectivity index (χ1v) is 4.85. The summed E-state index contributed by atoms with van der Waals surface area (Å²) in [6.07, 6.45) is 0. The van der Waals surface area contributed by atoms with Crippen molar-refractivity contribution in [3.8, 4) is 5.75 Å². The number of hydrogen-bond acceptors (Lipinski definition) is 3. The first-order chi connectivity index (χ1) is 6.31. The summed E-state index contributed by atoms with van der Waals surface area (Å²) >= 11 is 2.14. The summed E-state index contributed by atoms with van der Waals surface area (Å²) < 4.78 is 6.05. The highest BCUT2D eigenvalue weighted by atomic mass is 127. The van der Waals surface area contributed by atoms with E-state index in [1.165, 1.54) is 0 Å². The van der Waals surface area contributed by atoms with Crippen LogP contribution in [0.25, 0.3) is 10.9 Å². The Kier molecular flexibility index (Phi) is 2.30. The topological polar surface area (TPSA) is 35.0 Å². The number of methoxy groups -OCH3 is 1. The van der Waals surface area contributed by atoms with Gasteiger partial charge in [-0.2, -0.15) is 0 Å². The summed E-state index contributed by atoms with van der Waals surface area (Å²) in [5, 5.41) is 9.10. The van der Waals surface area contributed by atoms with E-state index in [4.69, 9.17) is 4.74 Å². The molecule has 0 amide bonds. The van der Waals surface area contributed by atoms with E-state index < -0.39 is 0 Å². The lowest BCUT2D eigenvalue weighted by Crippen LogP contribution is -1.91. The molecule has 13 heavy (non-hydrogen) atoms. The Hall–Kier alpha value is -0.910. The Morgan fingerprint density at radius 1 is 1.31 bits per heavy atom. The van der Waals surface area contributed by atoms with Crippen LogP contribution in [-0.2, 0) is 0 Å². The summed E-state index contributed by atoms with van der Waals surface area (Å²) in [6.45, 7) is 0. The van der Waals surface area contributed by atoms with Gasteiger partial charge in [-0.25, -0.2) is 0 Å². The van der Waals surface area contributed by atoms with Crippen LogP contribution in [0.15, 0.2) is 24.3 Å². The third-order valence-corrected chi connectivity index (χ3v) is 2.30. The summed E-state index contributed by atoms with van der Waals surface area (Å²) in [5.74, 6) is 0.765. The number of benzene rings is 1. The molecule has 1 heterocycles. The SMILES string of the molecule is COc1cccc2cc(I)nnc12. The molecule has 1 aromatic heterocycles. The maximum Gasteiger partial charge on any atom is 0.146 e. The molecule has 0 aliphatic carbocycles. The monoisotopic (exact) mass is 286 g/mol. The van der Waals surface area contributed by atoms with Gasteiger partial charge in [0, 0.05) is 5.39 Å². The molecule has 0 spiro atoms. The van der Waals surface area contributed by atoms with Gasteiger partial charge in [0.05, 0.1) is 7.11 Å². The van der Waals surface area contributed by atoms with E-state index in [2.05, 4.69) is 32.8 Å². The van der Waals surface area contributed by atoms with Crippen molar-refractivity contribution in [1.82, 2.24) is 10.2 Å². The van der Waals surface area contributed by atoms with Crippen LogP contribution in [0.3, 0.4) is 0 Å². The third kappa shape index (κ3) is 1.58. The largest absolute Gasteiger partial charge is 0.494 e. The molecule has 0 bridgehead atoms. The lowest BCUT2D eigenvalue weighted by atomic mass is 10.2. The van der Waals surface area contributed by atoms with Crippen LogP contribution in [-0.4, -0.2) is 17.3 Å². The zero-order valence-corrected chi connectivity index (χ0v) is 9.15. The van der Waals surface area contributed by atoms with Crippen molar-refractivity contribution in [1.29, 1.82) is 0 Å². The van der Waals surface area contributed by atoms with Crippen LogP contribution in [0.1, 0.15) is 0 Å². The Labute approximate surface area is 89.3 Å². The molecule has 4 heteroatoms. The smallest absolute Gasteiger partial charge is 0.146 e. The Morgan fingerprint density at radius 2 is 2.15 bits per heavy atom. The van der Waals surface area contributed by atoms with Crippen LogP contribution in [0.2, 0.25) is 0 Å². The van der Waals surface area contributed by atoms with Crippen molar-refractivity contribution < 1.29 is 4.74 Å². The number of halogens is 1. The maximum absolute atomic E-state index is 5.16. The second-order valence-electron chi connectivity index (χ2n) is 2.57. The second-order valence-corrected chi connectivity index (χ2v) is 3.67. The lowest BCUT2D eigenvalue weighted by Gasteiger charge is -2.02. The van der Waals surface area contributed by atoms with E-state index in [1.54, 1.807) is 7.11 Å². The Balaban J connectivity index is 2.77. The molecule has 0 radical (unpaired) electrons. The fourth-order valence-corrected chi connectivity index (χ4v) is 1.63. The number of nitrogens with zero attached hydrogens (tertiary/aromatic N) is 2. The highest BCUT2D eigenvalue weighted by molar-refractivity contribution is 14.1. The first kappa shape index (κ1) is 8.68. The lowest BCUT2D eigenvalue weighted by molar-refractivity contribution is 0.418. The van der Waals surface area contributed by atoms with Crippen LogP contribution >= 0.6 is 22.6 Å². The molecule has 2 aromatic rings. The molecule has 0 saturated heterocycles. The van der Waals surface area contributed by atoms with E-state index in [9.17, 15) is 0 Å². The third-order valence-electron chi connectivity index (χ3n) is 1.77. The van der Waals surface area contributed by atoms with Gasteiger partial charge in [-0.1, -0.05) is 12.1 Å². The van der Waals surface area contributed by atoms with Crippen LogP contribution in [0, 0.1) is 3.70 Å². The second kappa shape index (κ2) is 3.45. The number of hydrogen-bond donors (Lipinski definition) is 0. The quantitative estimate of drug-likeness (QED) is 0.754. The van der Waals surface area contributed by atoms with Gasteiger partial charge in [0.25, 0.3) is 0 Å². The number of rotatable bonds is 1. The number of fused-ring (bicyclic) bond motifs is 1. The van der Waals surface area contributed by atoms with Crippen molar-refractivity contribution in [2.24, 2.45) is 0 Å². The maximum atomic E-state index is 5.16. The molecule has 0 fully saturated rings. The molecule has 2 rings (SSSR count). The van der Waals surface area contributed by atoms with Gasteiger partial charge in [0.2, 0.25) is 0 Å². The average Bonchev–Trinajstić information content (AvgIpc) is 2.16. The average molecular weight is 286 g/mol. The van der Waals surface area contributed by atoms with Gasteiger partial charge < -0.3 is 4.74 Å². The predicted molar refractivity (Wildman–Crippen MR) is 58.8 cm³/mol. The van der Waals surface area contributed by atoms with Crippen molar-refractivity contribution in [2.45, 2.75) is 0 Å². The number of aromatic nitrogens is 2. The van der Waals surface area contributed by atoms with Gasteiger partial charge in [-0.3, -0.25) is 0 Å². The van der Waals surface area contributed by atoms with Crippen LogP contribution in [0.5, 0.6) is 5.75 Å². The molecule has 0 unspecified atom stereocenters. The van der Waals surface area contributed by atoms with E-state index in [-0.39, 0.29) is 0 Å². The standard InChI is InChI=1S/C9H7IN2O/c1-13-7-4-2-3-6-5-8(10)11-12-9(6)7/h2-5H,1H3. The Morgan fingerprint density at radius 3 is 2.92 bits per heavy atom. The van der Waals surface area contributed by atoms with Crippen molar-refractivity contribution in [2.75, 3.05) is 7.11 Å². The number of ether oxygens (including phenoxy) is 1. The van der Waals surface area contributed by atoms with Gasteiger partial charge in [-0.05, 0) is 34.7 Å². The van der Waals surface area contributed by atoms with Crippen LogP contribution in [0.4, 0.5) is 0 Å². The van der Waals surface area contributed by atoms with Gasteiger partial charge in [0.15, 0.2) is 0 Å². The van der Waals surface area contributed by atoms with Crippen LogP contribution < -0.4 is 4.74 Å². The molecule has 0 N–H and O–H groups in total. The molecule has 0 saturated carbocycles. The van der Waals surface area contributed by atoms with E-state index >= 15 is 0 Å². The van der Waals surface area contributed by atoms with Gasteiger partial charge >= 0.3 is 0 Å². The highest BCUT2D eigenvalue weighted by Gasteiger charge is 2.02. The van der Waals surface area contributed by atoms with Crippen molar-refractivity contribution in [3.63, 3.8) is 0 Å². The zero-order chi connectivity index (χ0) is 9.26. The van der Waals surface area contributed by atoms with E-state index in [0.717, 1.165) is 20.4 Å². The minimum atomic E-state index is 0.765. The Bertz CT molecular complexity index is 445. The zero-order valence-electron chi connectivity index (χ0n) is 6.99. The van der Waals surface area contributed by atoms with Crippen molar-refractivity contribution >= 4 is 33.5 Å². The molecule has 66 valence electrons. The fraction of sp³-hybridized carbons (Fsp3) is 0.111. The summed E-state index contributed by atoms with van der Waals surface area (Å²) in [7, 11) is 1.63.